The minimum Gasteiger partial charge on any atom is -0.387 e. The van der Waals surface area contributed by atoms with E-state index in [0.29, 0.717) is 43.2 Å². The van der Waals surface area contributed by atoms with E-state index in [9.17, 15) is 24.0 Å². The first-order valence-corrected chi connectivity index (χ1v) is 18.9. The number of ketones is 1. The van der Waals surface area contributed by atoms with Crippen molar-refractivity contribution < 1.29 is 33.5 Å². The zero-order chi connectivity index (χ0) is 35.3. The molecule has 3 N–H and O–H groups in total. The lowest BCUT2D eigenvalue weighted by Crippen LogP contribution is -2.58. The summed E-state index contributed by atoms with van der Waals surface area (Å²) in [6.07, 6.45) is 9.48. The first-order chi connectivity index (χ1) is 24.1. The second-order valence-corrected chi connectivity index (χ2v) is 15.3. The van der Waals surface area contributed by atoms with Crippen molar-refractivity contribution in [1.82, 2.24) is 20.9 Å². The van der Waals surface area contributed by atoms with Gasteiger partial charge >= 0.3 is 0 Å². The van der Waals surface area contributed by atoms with Gasteiger partial charge in [0.25, 0.3) is 5.91 Å². The standard InChI is InChI=1S/C37H50ClN5O7/c1-2-7-28(33(45)35(47)39-27-12-13-27)40-34(46)30-21-37(20-29(42-50-37)25-10-6-11-26(38)19-25)22-43(30)36(48)32(24-8-4-3-5-9-24)41-31(44)18-23-14-16-49-17-15-23/h6,10-11,19,23-24,27-28,30,32H,2-5,7-9,12-18,20-22H2,1H3,(H,39,47)(H,40,46)(H,41,44)/t28-,30-,32-,37?/m0/s1. The molecular formula is C37H50ClN5O7. The maximum atomic E-state index is 14.8. The molecule has 3 aliphatic heterocycles. The van der Waals surface area contributed by atoms with Crippen LogP contribution in [-0.4, -0.2) is 89.6 Å². The van der Waals surface area contributed by atoms with Gasteiger partial charge in [-0.05, 0) is 68.9 Å². The van der Waals surface area contributed by atoms with Gasteiger partial charge in [0.15, 0.2) is 5.60 Å². The third-order valence-corrected chi connectivity index (χ3v) is 11.1. The molecule has 2 aliphatic carbocycles. The van der Waals surface area contributed by atoms with Crippen LogP contribution in [0, 0.1) is 11.8 Å². The summed E-state index contributed by atoms with van der Waals surface area (Å²) in [6, 6.07) is 4.44. The maximum absolute atomic E-state index is 14.8. The van der Waals surface area contributed by atoms with Crippen LogP contribution in [0.3, 0.4) is 0 Å². The fourth-order valence-electron chi connectivity index (χ4n) is 7.89. The number of ether oxygens (including phenoxy) is 1. The van der Waals surface area contributed by atoms with Crippen LogP contribution in [0.15, 0.2) is 29.4 Å². The molecule has 0 bridgehead atoms. The van der Waals surface area contributed by atoms with E-state index in [0.717, 1.165) is 63.4 Å². The van der Waals surface area contributed by atoms with E-state index in [1.165, 1.54) is 4.90 Å². The maximum Gasteiger partial charge on any atom is 0.289 e. The van der Waals surface area contributed by atoms with Gasteiger partial charge in [-0.3, -0.25) is 24.0 Å². The van der Waals surface area contributed by atoms with Crippen molar-refractivity contribution >= 4 is 46.7 Å². The smallest absolute Gasteiger partial charge is 0.289 e. The van der Waals surface area contributed by atoms with E-state index < -0.39 is 41.3 Å². The number of likely N-dealkylation sites (tertiary alicyclic amines) is 1. The molecule has 3 heterocycles. The number of carbonyl (C=O) groups excluding carboxylic acids is 5. The Hall–Kier alpha value is -3.51. The summed E-state index contributed by atoms with van der Waals surface area (Å²) < 4.78 is 5.47. The van der Waals surface area contributed by atoms with Crippen molar-refractivity contribution in [2.45, 2.75) is 127 Å². The van der Waals surface area contributed by atoms with Crippen LogP contribution in [0.2, 0.25) is 5.02 Å². The van der Waals surface area contributed by atoms with Gasteiger partial charge in [0.2, 0.25) is 23.5 Å². The van der Waals surface area contributed by atoms with Gasteiger partial charge in [-0.25, -0.2) is 0 Å². The number of nitrogens with zero attached hydrogens (tertiary/aromatic N) is 2. The number of Topliss-reactive ketones (excluding diaryl/α,β-unsaturated/α-hetero) is 1. The van der Waals surface area contributed by atoms with Crippen LogP contribution < -0.4 is 16.0 Å². The monoisotopic (exact) mass is 711 g/mol. The topological polar surface area (TPSA) is 156 Å². The van der Waals surface area contributed by atoms with Crippen molar-refractivity contribution in [3.63, 3.8) is 0 Å². The van der Waals surface area contributed by atoms with Gasteiger partial charge in [0, 0.05) is 49.1 Å². The molecule has 6 rings (SSSR count). The Morgan fingerprint density at radius 2 is 1.78 bits per heavy atom. The van der Waals surface area contributed by atoms with E-state index in [4.69, 9.17) is 21.2 Å². The number of rotatable bonds is 13. The largest absolute Gasteiger partial charge is 0.387 e. The Morgan fingerprint density at radius 3 is 2.48 bits per heavy atom. The van der Waals surface area contributed by atoms with Gasteiger partial charge in [-0.2, -0.15) is 0 Å². The van der Waals surface area contributed by atoms with Crippen LogP contribution >= 0.6 is 11.6 Å². The lowest BCUT2D eigenvalue weighted by atomic mass is 9.83. The minimum absolute atomic E-state index is 0.00110. The lowest BCUT2D eigenvalue weighted by molar-refractivity contribution is -0.145. The molecule has 4 atom stereocenters. The first kappa shape index (κ1) is 36.3. The molecule has 2 saturated heterocycles. The Bertz CT molecular complexity index is 1470. The molecule has 0 aromatic heterocycles. The molecule has 13 heteroatoms. The van der Waals surface area contributed by atoms with Crippen molar-refractivity contribution in [3.8, 4) is 0 Å². The van der Waals surface area contributed by atoms with Crippen molar-refractivity contribution in [3.05, 3.63) is 34.9 Å². The fourth-order valence-corrected chi connectivity index (χ4v) is 8.08. The van der Waals surface area contributed by atoms with Crippen LogP contribution in [0.5, 0.6) is 0 Å². The third kappa shape index (κ3) is 8.85. The zero-order valence-corrected chi connectivity index (χ0v) is 29.7. The number of nitrogens with one attached hydrogen (secondary N) is 3. The predicted octanol–water partition coefficient (Wildman–Crippen LogP) is 3.82. The zero-order valence-electron chi connectivity index (χ0n) is 28.9. The second kappa shape index (κ2) is 16.2. The van der Waals surface area contributed by atoms with Crippen molar-refractivity contribution in [2.75, 3.05) is 19.8 Å². The second-order valence-electron chi connectivity index (χ2n) is 14.9. The van der Waals surface area contributed by atoms with Gasteiger partial charge in [-0.1, -0.05) is 61.5 Å². The number of hydrogen-bond donors (Lipinski definition) is 3. The molecule has 1 aromatic rings. The Kier molecular flexibility index (Phi) is 11.8. The molecule has 0 radical (unpaired) electrons. The van der Waals surface area contributed by atoms with E-state index in [1.807, 2.05) is 19.1 Å². The summed E-state index contributed by atoms with van der Waals surface area (Å²) in [6.45, 7) is 3.20. The molecule has 4 amide bonds. The Labute approximate surface area is 298 Å². The minimum atomic E-state index is -1.03. The summed E-state index contributed by atoms with van der Waals surface area (Å²) in [4.78, 5) is 76.1. The number of carbonyl (C=O) groups is 5. The molecular weight excluding hydrogens is 662 g/mol. The molecule has 50 heavy (non-hydrogen) atoms. The normalized spacial score (nSPS) is 25.4. The molecule has 1 unspecified atom stereocenters. The van der Waals surface area contributed by atoms with Gasteiger partial charge in [-0.15, -0.1) is 0 Å². The first-order valence-electron chi connectivity index (χ1n) is 18.5. The SMILES string of the molecule is CCC[C@H](NC(=O)[C@@H]1CC2(CC(c3cccc(Cl)c3)=NO2)CN1C(=O)[C@@H](NC(=O)CC1CCOCC1)C1CCCCC1)C(=O)C(=O)NC1CC1. The summed E-state index contributed by atoms with van der Waals surface area (Å²) >= 11 is 6.27. The summed E-state index contributed by atoms with van der Waals surface area (Å²) in [5, 5.41) is 13.6. The highest BCUT2D eigenvalue weighted by molar-refractivity contribution is 6.38. The Balaban J connectivity index is 1.24. The quantitative estimate of drug-likeness (QED) is 0.263. The summed E-state index contributed by atoms with van der Waals surface area (Å²) in [5.74, 6) is -2.31. The van der Waals surface area contributed by atoms with Gasteiger partial charge < -0.3 is 30.4 Å². The molecule has 1 aromatic carbocycles. The number of hydrogen-bond acceptors (Lipinski definition) is 8. The highest BCUT2D eigenvalue weighted by Gasteiger charge is 2.55. The molecule has 5 aliphatic rings. The third-order valence-electron chi connectivity index (χ3n) is 10.8. The average molecular weight is 712 g/mol. The highest BCUT2D eigenvalue weighted by Crippen LogP contribution is 2.40. The summed E-state index contributed by atoms with van der Waals surface area (Å²) in [7, 11) is 0. The molecule has 12 nitrogen and oxygen atoms in total. The van der Waals surface area contributed by atoms with Gasteiger partial charge in [0.1, 0.15) is 12.1 Å². The van der Waals surface area contributed by atoms with Crippen LogP contribution in [0.1, 0.15) is 102 Å². The fraction of sp³-hybridized carbons (Fsp3) is 0.676. The van der Waals surface area contributed by atoms with Crippen LogP contribution in [0.25, 0.3) is 0 Å². The van der Waals surface area contributed by atoms with E-state index in [-0.39, 0.29) is 49.1 Å². The molecule has 1 spiro atoms. The van der Waals surface area contributed by atoms with Crippen LogP contribution in [0.4, 0.5) is 0 Å². The number of amides is 4. The number of halogens is 1. The molecule has 272 valence electrons. The lowest BCUT2D eigenvalue weighted by Gasteiger charge is -2.35. The van der Waals surface area contributed by atoms with E-state index >= 15 is 0 Å². The van der Waals surface area contributed by atoms with Crippen molar-refractivity contribution in [2.24, 2.45) is 17.0 Å². The van der Waals surface area contributed by atoms with E-state index in [1.54, 1.807) is 12.1 Å². The number of benzene rings is 1. The van der Waals surface area contributed by atoms with Crippen LogP contribution in [-0.2, 0) is 33.5 Å². The summed E-state index contributed by atoms with van der Waals surface area (Å²) in [5.41, 5.74) is 0.452. The van der Waals surface area contributed by atoms with Gasteiger partial charge in [0.05, 0.1) is 18.3 Å². The number of oxime groups is 1. The predicted molar refractivity (Wildman–Crippen MR) is 186 cm³/mol. The highest BCUT2D eigenvalue weighted by atomic mass is 35.5. The van der Waals surface area contributed by atoms with Crippen molar-refractivity contribution in [1.29, 1.82) is 0 Å². The molecule has 4 fully saturated rings. The Morgan fingerprint density at radius 1 is 1.02 bits per heavy atom. The van der Waals surface area contributed by atoms with E-state index in [2.05, 4.69) is 21.1 Å². The average Bonchev–Trinajstić information content (AvgIpc) is 3.71. The molecule has 2 saturated carbocycles.